The van der Waals surface area contributed by atoms with Gasteiger partial charge in [0.15, 0.2) is 0 Å². The van der Waals surface area contributed by atoms with E-state index < -0.39 is 0 Å². The fourth-order valence-corrected chi connectivity index (χ4v) is 4.12. The van der Waals surface area contributed by atoms with Crippen LogP contribution in [0.25, 0.3) is 0 Å². The fraction of sp³-hybridized carbons (Fsp3) is 0.100. The van der Waals surface area contributed by atoms with E-state index in [-0.39, 0.29) is 0 Å². The van der Waals surface area contributed by atoms with Gasteiger partial charge in [-0.15, -0.1) is 0 Å². The van der Waals surface area contributed by atoms with E-state index in [0.717, 1.165) is 0 Å². The smallest absolute Gasteiger partial charge is 0.0601 e. The summed E-state index contributed by atoms with van der Waals surface area (Å²) in [6.07, 6.45) is 0. The van der Waals surface area contributed by atoms with E-state index >= 15 is 0 Å². The molecule has 0 fully saturated rings. The van der Waals surface area contributed by atoms with E-state index in [9.17, 15) is 0 Å². The summed E-state index contributed by atoms with van der Waals surface area (Å²) in [5, 5.41) is 0. The summed E-state index contributed by atoms with van der Waals surface area (Å²) in [5.74, 6) is 0. The van der Waals surface area contributed by atoms with Crippen LogP contribution < -0.4 is 4.90 Å². The van der Waals surface area contributed by atoms with Gasteiger partial charge in [-0.2, -0.15) is 0 Å². The highest BCUT2D eigenvalue weighted by Gasteiger charge is 2.24. The maximum atomic E-state index is 2.38. The van der Waals surface area contributed by atoms with E-state index in [4.69, 9.17) is 0 Å². The summed E-state index contributed by atoms with van der Waals surface area (Å²) in [6.45, 7) is 4.32. The lowest BCUT2D eigenvalue weighted by molar-refractivity contribution is 1.16. The zero-order valence-corrected chi connectivity index (χ0v) is 13.5. The van der Waals surface area contributed by atoms with Crippen molar-refractivity contribution in [1.29, 1.82) is 0 Å². The third kappa shape index (κ3) is 2.20. The Hall–Kier alpha value is -2.19. The minimum atomic E-state index is 1.23. The third-order valence-electron chi connectivity index (χ3n) is 3.90. The number of hydrogen-bond donors (Lipinski definition) is 0. The molecule has 1 heterocycles. The second-order valence-corrected chi connectivity index (χ2v) is 6.80. The Bertz CT molecular complexity index is 788. The largest absolute Gasteiger partial charge is 0.308 e. The van der Waals surface area contributed by atoms with Crippen molar-refractivity contribution in [3.05, 3.63) is 77.9 Å². The van der Waals surface area contributed by atoms with Gasteiger partial charge in [0, 0.05) is 15.5 Å². The molecule has 4 rings (SSSR count). The highest BCUT2D eigenvalue weighted by atomic mass is 32.2. The first-order valence-corrected chi connectivity index (χ1v) is 8.28. The minimum absolute atomic E-state index is 1.23. The maximum absolute atomic E-state index is 2.38. The van der Waals surface area contributed by atoms with Gasteiger partial charge in [-0.3, -0.25) is 0 Å². The molecule has 0 aromatic heterocycles. The van der Waals surface area contributed by atoms with Gasteiger partial charge in [0.2, 0.25) is 0 Å². The van der Waals surface area contributed by atoms with Crippen molar-refractivity contribution in [2.75, 3.05) is 4.90 Å². The summed E-state index contributed by atoms with van der Waals surface area (Å²) < 4.78 is 0. The molecule has 3 aromatic rings. The monoisotopic (exact) mass is 303 g/mol. The quantitative estimate of drug-likeness (QED) is 0.409. The lowest BCUT2D eigenvalue weighted by Crippen LogP contribution is -2.14. The van der Waals surface area contributed by atoms with Gasteiger partial charge in [0.05, 0.1) is 11.4 Å². The van der Waals surface area contributed by atoms with Crippen molar-refractivity contribution in [2.45, 2.75) is 23.6 Å². The molecule has 0 unspecified atom stereocenters. The Morgan fingerprint density at radius 2 is 1.18 bits per heavy atom. The van der Waals surface area contributed by atoms with Gasteiger partial charge in [-0.1, -0.05) is 42.1 Å². The topological polar surface area (TPSA) is 3.24 Å². The summed E-state index contributed by atoms with van der Waals surface area (Å²) >= 11 is 1.85. The number of benzene rings is 3. The van der Waals surface area contributed by atoms with E-state index in [1.54, 1.807) is 0 Å². The Balaban J connectivity index is 1.98. The molecular formula is C20H17NS. The molecule has 0 amide bonds. The average Bonchev–Trinajstić information content (AvgIpc) is 2.51. The van der Waals surface area contributed by atoms with Gasteiger partial charge < -0.3 is 4.90 Å². The van der Waals surface area contributed by atoms with Crippen LogP contribution in [0.5, 0.6) is 0 Å². The van der Waals surface area contributed by atoms with Gasteiger partial charge in [0.1, 0.15) is 0 Å². The number of aryl methyl sites for hydroxylation is 2. The maximum Gasteiger partial charge on any atom is 0.0601 e. The lowest BCUT2D eigenvalue weighted by atomic mass is 10.1. The lowest BCUT2D eigenvalue weighted by Gasteiger charge is -2.33. The average molecular weight is 303 g/mol. The predicted molar refractivity (Wildman–Crippen MR) is 94.7 cm³/mol. The molecule has 0 atom stereocenters. The van der Waals surface area contributed by atoms with Crippen LogP contribution in [0.3, 0.4) is 0 Å². The van der Waals surface area contributed by atoms with Crippen molar-refractivity contribution in [3.63, 3.8) is 0 Å². The number of nitrogens with zero attached hydrogens (tertiary/aromatic N) is 1. The SMILES string of the molecule is Cc1cc(C)cc(N2c3ccccc3Sc3ccccc32)c1. The first-order chi connectivity index (χ1) is 10.7. The van der Waals surface area contributed by atoms with Crippen molar-refractivity contribution in [1.82, 2.24) is 0 Å². The molecular weight excluding hydrogens is 286 g/mol. The first kappa shape index (κ1) is 13.5. The first-order valence-electron chi connectivity index (χ1n) is 7.47. The van der Waals surface area contributed by atoms with E-state index in [0.29, 0.717) is 0 Å². The van der Waals surface area contributed by atoms with Crippen molar-refractivity contribution in [2.24, 2.45) is 0 Å². The van der Waals surface area contributed by atoms with Gasteiger partial charge >= 0.3 is 0 Å². The van der Waals surface area contributed by atoms with E-state index in [1.165, 1.54) is 38.0 Å². The molecule has 0 radical (unpaired) electrons. The molecule has 1 aliphatic heterocycles. The van der Waals surface area contributed by atoms with E-state index in [1.807, 2.05) is 11.8 Å². The Morgan fingerprint density at radius 3 is 1.73 bits per heavy atom. The summed E-state index contributed by atoms with van der Waals surface area (Å²) in [5.41, 5.74) is 6.34. The second kappa shape index (κ2) is 5.22. The van der Waals surface area contributed by atoms with Crippen LogP contribution in [0, 0.1) is 13.8 Å². The summed E-state index contributed by atoms with van der Waals surface area (Å²) in [4.78, 5) is 4.99. The van der Waals surface area contributed by atoms with Crippen molar-refractivity contribution >= 4 is 28.8 Å². The number of fused-ring (bicyclic) bond motifs is 2. The van der Waals surface area contributed by atoms with Gasteiger partial charge in [0.25, 0.3) is 0 Å². The molecule has 0 bridgehead atoms. The van der Waals surface area contributed by atoms with Crippen molar-refractivity contribution in [3.8, 4) is 0 Å². The molecule has 0 aliphatic carbocycles. The van der Waals surface area contributed by atoms with Crippen LogP contribution in [0.1, 0.15) is 11.1 Å². The molecule has 3 aromatic carbocycles. The molecule has 2 heteroatoms. The minimum Gasteiger partial charge on any atom is -0.308 e. The fourth-order valence-electron chi connectivity index (χ4n) is 3.06. The molecule has 22 heavy (non-hydrogen) atoms. The number of anilines is 3. The van der Waals surface area contributed by atoms with Crippen LogP contribution in [-0.4, -0.2) is 0 Å². The van der Waals surface area contributed by atoms with Gasteiger partial charge in [-0.25, -0.2) is 0 Å². The second-order valence-electron chi connectivity index (χ2n) is 5.72. The Kier molecular flexibility index (Phi) is 3.20. The van der Waals surface area contributed by atoms with Crippen LogP contribution in [0.2, 0.25) is 0 Å². The predicted octanol–water partition coefficient (Wildman–Crippen LogP) is 6.24. The van der Waals surface area contributed by atoms with Crippen molar-refractivity contribution < 1.29 is 0 Å². The summed E-state index contributed by atoms with van der Waals surface area (Å²) in [7, 11) is 0. The highest BCUT2D eigenvalue weighted by Crippen LogP contribution is 2.51. The van der Waals surface area contributed by atoms with Crippen LogP contribution >= 0.6 is 11.8 Å². The van der Waals surface area contributed by atoms with Crippen LogP contribution in [0.4, 0.5) is 17.1 Å². The van der Waals surface area contributed by atoms with Crippen LogP contribution in [0.15, 0.2) is 76.5 Å². The highest BCUT2D eigenvalue weighted by molar-refractivity contribution is 7.99. The third-order valence-corrected chi connectivity index (χ3v) is 5.03. The Labute approximate surface area is 135 Å². The van der Waals surface area contributed by atoms with Crippen LogP contribution in [-0.2, 0) is 0 Å². The Morgan fingerprint density at radius 1 is 0.682 bits per heavy atom. The number of rotatable bonds is 1. The molecule has 0 spiro atoms. The normalized spacial score (nSPS) is 12.7. The zero-order chi connectivity index (χ0) is 15.1. The molecule has 0 saturated heterocycles. The number of para-hydroxylation sites is 2. The standard InChI is InChI=1S/C20H17NS/c1-14-11-15(2)13-16(12-14)21-17-7-3-5-9-19(17)22-20-10-6-4-8-18(20)21/h3-13H,1-2H3. The number of hydrogen-bond acceptors (Lipinski definition) is 2. The molecule has 0 N–H and O–H groups in total. The molecule has 0 saturated carbocycles. The summed E-state index contributed by atoms with van der Waals surface area (Å²) in [6, 6.07) is 24.0. The van der Waals surface area contributed by atoms with E-state index in [2.05, 4.69) is 85.5 Å². The zero-order valence-electron chi connectivity index (χ0n) is 12.7. The molecule has 1 aliphatic rings. The molecule has 1 nitrogen and oxygen atoms in total. The van der Waals surface area contributed by atoms with Gasteiger partial charge in [-0.05, 0) is 61.4 Å². The molecule has 108 valence electrons.